The van der Waals surface area contributed by atoms with E-state index in [0.29, 0.717) is 0 Å². The van der Waals surface area contributed by atoms with Crippen molar-refractivity contribution in [1.82, 2.24) is 4.90 Å². The Morgan fingerprint density at radius 3 is 1.89 bits per heavy atom. The molecule has 1 aliphatic heterocycles. The van der Waals surface area contributed by atoms with Crippen LogP contribution in [0, 0.1) is 10.8 Å². The average Bonchev–Trinajstić information content (AvgIpc) is 2.43. The van der Waals surface area contributed by atoms with Gasteiger partial charge >= 0.3 is 0 Å². The minimum Gasteiger partial charge on any atom is -0.299 e. The van der Waals surface area contributed by atoms with E-state index in [1.807, 2.05) is 0 Å². The molecule has 1 saturated heterocycles. The molecule has 102 valence electrons. The fourth-order valence-electron chi connectivity index (χ4n) is 1.96. The van der Waals surface area contributed by atoms with Crippen molar-refractivity contribution in [3.63, 3.8) is 0 Å². The molecule has 2 rings (SSSR count). The van der Waals surface area contributed by atoms with Gasteiger partial charge in [-0.2, -0.15) is 0 Å². The van der Waals surface area contributed by atoms with Crippen LogP contribution in [0.2, 0.25) is 0 Å². The summed E-state index contributed by atoms with van der Waals surface area (Å²) in [6.45, 7) is 3.71. The highest BCUT2D eigenvalue weighted by Gasteiger charge is 2.09. The largest absolute Gasteiger partial charge is 0.299 e. The second-order valence-corrected chi connectivity index (χ2v) is 4.03. The van der Waals surface area contributed by atoms with Crippen LogP contribution in [0.4, 0.5) is 0 Å². The maximum atomic E-state index is 8.35. The predicted molar refractivity (Wildman–Crippen MR) is 72.4 cm³/mol. The maximum absolute atomic E-state index is 8.35. The van der Waals surface area contributed by atoms with E-state index in [1.54, 1.807) is 0 Å². The van der Waals surface area contributed by atoms with Gasteiger partial charge in [0.2, 0.25) is 12.2 Å². The number of benzene rings is 1. The number of isocyanates is 2. The van der Waals surface area contributed by atoms with Gasteiger partial charge in [0.15, 0.2) is 0 Å². The second-order valence-electron chi connectivity index (χ2n) is 4.03. The molecule has 0 aliphatic carbocycles. The van der Waals surface area contributed by atoms with Gasteiger partial charge < -0.3 is 0 Å². The summed E-state index contributed by atoms with van der Waals surface area (Å²) in [6, 6.07) is 10.8. The van der Waals surface area contributed by atoms with Crippen LogP contribution in [0.3, 0.4) is 0 Å². The van der Waals surface area contributed by atoms with Crippen LogP contribution >= 0.6 is 0 Å². The Hall–Kier alpha value is -2.06. The SMILES string of the molecule is N=C=O.N=C=O.c1ccc(CN2CCCCC2)cc1. The molecule has 0 aromatic heterocycles. The van der Waals surface area contributed by atoms with Crippen LogP contribution in [-0.2, 0) is 16.1 Å². The van der Waals surface area contributed by atoms with E-state index in [1.165, 1.54) is 37.9 Å². The predicted octanol–water partition coefficient (Wildman–Crippen LogP) is 2.47. The van der Waals surface area contributed by atoms with E-state index in [0.717, 1.165) is 18.7 Å². The lowest BCUT2D eigenvalue weighted by Gasteiger charge is -2.26. The van der Waals surface area contributed by atoms with E-state index in [9.17, 15) is 0 Å². The molecule has 2 N–H and O–H groups in total. The lowest BCUT2D eigenvalue weighted by molar-refractivity contribution is 0.221. The van der Waals surface area contributed by atoms with Crippen molar-refractivity contribution in [1.29, 1.82) is 10.8 Å². The van der Waals surface area contributed by atoms with Crippen LogP contribution in [0.5, 0.6) is 0 Å². The van der Waals surface area contributed by atoms with Crippen LogP contribution < -0.4 is 0 Å². The van der Waals surface area contributed by atoms with Crippen LogP contribution in [0.15, 0.2) is 30.3 Å². The fraction of sp³-hybridized carbons (Fsp3) is 0.429. The molecule has 0 spiro atoms. The van der Waals surface area contributed by atoms with Gasteiger partial charge in [-0.25, -0.2) is 20.4 Å². The number of hydrogen-bond acceptors (Lipinski definition) is 5. The third-order valence-corrected chi connectivity index (χ3v) is 2.70. The summed E-state index contributed by atoms with van der Waals surface area (Å²) in [4.78, 5) is 19.2. The van der Waals surface area contributed by atoms with Crippen molar-refractivity contribution in [2.45, 2.75) is 25.8 Å². The number of hydrogen-bond donors (Lipinski definition) is 2. The molecule has 1 aromatic rings. The average molecular weight is 261 g/mol. The van der Waals surface area contributed by atoms with Gasteiger partial charge in [0.05, 0.1) is 0 Å². The first-order chi connectivity index (χ1) is 9.28. The molecular weight excluding hydrogens is 242 g/mol. The number of piperidine rings is 1. The van der Waals surface area contributed by atoms with Crippen molar-refractivity contribution >= 4 is 12.2 Å². The van der Waals surface area contributed by atoms with Gasteiger partial charge in [0, 0.05) is 6.54 Å². The van der Waals surface area contributed by atoms with Crippen molar-refractivity contribution in [3.8, 4) is 0 Å². The Balaban J connectivity index is 0.000000465. The molecule has 0 saturated carbocycles. The minimum atomic E-state index is 0.750. The Morgan fingerprint density at radius 2 is 1.42 bits per heavy atom. The topological polar surface area (TPSA) is 85.1 Å². The third kappa shape index (κ3) is 9.62. The maximum Gasteiger partial charge on any atom is 0.231 e. The Bertz CT molecular complexity index is 376. The van der Waals surface area contributed by atoms with E-state index in [4.69, 9.17) is 20.4 Å². The molecule has 1 fully saturated rings. The second kappa shape index (κ2) is 12.4. The molecule has 0 radical (unpaired) electrons. The van der Waals surface area contributed by atoms with E-state index in [2.05, 4.69) is 35.2 Å². The first-order valence-electron chi connectivity index (χ1n) is 6.12. The van der Waals surface area contributed by atoms with Gasteiger partial charge in [-0.15, -0.1) is 0 Å². The van der Waals surface area contributed by atoms with Gasteiger partial charge in [-0.1, -0.05) is 36.8 Å². The molecule has 0 amide bonds. The van der Waals surface area contributed by atoms with Gasteiger partial charge in [-0.3, -0.25) is 4.90 Å². The van der Waals surface area contributed by atoms with E-state index in [-0.39, 0.29) is 0 Å². The van der Waals surface area contributed by atoms with E-state index >= 15 is 0 Å². The lowest BCUT2D eigenvalue weighted by atomic mass is 10.1. The minimum absolute atomic E-state index is 0.750. The molecule has 0 atom stereocenters. The van der Waals surface area contributed by atoms with Gasteiger partial charge in [0.1, 0.15) is 0 Å². The molecular formula is C14H19N3O2. The lowest BCUT2D eigenvalue weighted by Crippen LogP contribution is -2.28. The van der Waals surface area contributed by atoms with Crippen molar-refractivity contribution in [2.24, 2.45) is 0 Å². The first kappa shape index (κ1) is 16.9. The molecule has 0 bridgehead atoms. The summed E-state index contributed by atoms with van der Waals surface area (Å²) in [5, 5.41) is 10.8. The number of carbonyl (C=O) groups excluding carboxylic acids is 2. The Kier molecular flexibility index (Phi) is 11.1. The zero-order valence-corrected chi connectivity index (χ0v) is 10.9. The quantitative estimate of drug-likeness (QED) is 0.633. The summed E-state index contributed by atoms with van der Waals surface area (Å²) < 4.78 is 0. The summed E-state index contributed by atoms with van der Waals surface area (Å²) in [5.74, 6) is 0. The van der Waals surface area contributed by atoms with Crippen molar-refractivity contribution < 1.29 is 9.59 Å². The molecule has 5 nitrogen and oxygen atoms in total. The summed E-state index contributed by atoms with van der Waals surface area (Å²) in [6.07, 6.45) is 5.69. The fourth-order valence-corrected chi connectivity index (χ4v) is 1.96. The van der Waals surface area contributed by atoms with Gasteiger partial charge in [-0.05, 0) is 31.5 Å². The normalized spacial score (nSPS) is 13.7. The molecule has 1 aliphatic rings. The van der Waals surface area contributed by atoms with Crippen LogP contribution in [-0.4, -0.2) is 30.1 Å². The number of nitrogens with zero attached hydrogens (tertiary/aromatic N) is 1. The standard InChI is InChI=1S/C12H17N.2CHNO/c1-3-7-12(8-4-1)11-13-9-5-2-6-10-13;2*2-1-3/h1,3-4,7-8H,2,5-6,9-11H2;2*2H. The molecule has 1 aromatic carbocycles. The van der Waals surface area contributed by atoms with Crippen LogP contribution in [0.25, 0.3) is 0 Å². The molecule has 1 heterocycles. The number of rotatable bonds is 2. The summed E-state index contributed by atoms with van der Waals surface area (Å²) in [7, 11) is 0. The number of nitrogens with one attached hydrogen (secondary N) is 2. The third-order valence-electron chi connectivity index (χ3n) is 2.70. The highest BCUT2D eigenvalue weighted by molar-refractivity contribution is 5.26. The molecule has 5 heteroatoms. The zero-order chi connectivity index (χ0) is 14.3. The highest BCUT2D eigenvalue weighted by Crippen LogP contribution is 2.12. The summed E-state index contributed by atoms with van der Waals surface area (Å²) >= 11 is 0. The number of likely N-dealkylation sites (tertiary alicyclic amines) is 1. The molecule has 19 heavy (non-hydrogen) atoms. The smallest absolute Gasteiger partial charge is 0.231 e. The first-order valence-corrected chi connectivity index (χ1v) is 6.12. The van der Waals surface area contributed by atoms with Crippen LogP contribution in [0.1, 0.15) is 24.8 Å². The van der Waals surface area contributed by atoms with E-state index < -0.39 is 0 Å². The molecule has 0 unspecified atom stereocenters. The van der Waals surface area contributed by atoms with Crippen molar-refractivity contribution in [3.05, 3.63) is 35.9 Å². The zero-order valence-electron chi connectivity index (χ0n) is 10.9. The van der Waals surface area contributed by atoms with Crippen molar-refractivity contribution in [2.75, 3.05) is 13.1 Å². The summed E-state index contributed by atoms with van der Waals surface area (Å²) in [5.41, 5.74) is 1.45. The van der Waals surface area contributed by atoms with Gasteiger partial charge in [0.25, 0.3) is 0 Å². The Morgan fingerprint density at radius 1 is 0.947 bits per heavy atom. The highest BCUT2D eigenvalue weighted by atomic mass is 16.1. The Labute approximate surface area is 113 Å². The monoisotopic (exact) mass is 261 g/mol.